The molecule has 0 amide bonds. The van der Waals surface area contributed by atoms with E-state index >= 15 is 0 Å². The molecular weight excluding hydrogens is 230 g/mol. The number of likely N-dealkylation sites (N-methyl/N-ethyl adjacent to an activating group) is 1. The number of anilines is 1. The second-order valence-corrected chi connectivity index (χ2v) is 4.97. The van der Waals surface area contributed by atoms with Crippen molar-refractivity contribution in [2.45, 2.75) is 25.9 Å². The molecule has 0 aliphatic carbocycles. The van der Waals surface area contributed by atoms with Crippen LogP contribution in [0.4, 0.5) is 5.69 Å². The van der Waals surface area contributed by atoms with Gasteiger partial charge in [0.15, 0.2) is 0 Å². The smallest absolute Gasteiger partial charge is 0.354 e. The van der Waals surface area contributed by atoms with E-state index in [4.69, 9.17) is 5.11 Å². The van der Waals surface area contributed by atoms with E-state index in [-0.39, 0.29) is 5.69 Å². The minimum absolute atomic E-state index is 0.103. The molecule has 1 aromatic heterocycles. The maximum atomic E-state index is 10.9. The molecular formula is C13H19N3O2. The lowest BCUT2D eigenvalue weighted by molar-refractivity contribution is 0.0690. The van der Waals surface area contributed by atoms with E-state index in [1.165, 1.54) is 0 Å². The highest BCUT2D eigenvalue weighted by Gasteiger charge is 2.26. The second kappa shape index (κ2) is 4.94. The predicted molar refractivity (Wildman–Crippen MR) is 70.1 cm³/mol. The molecule has 2 rings (SSSR count). The van der Waals surface area contributed by atoms with Gasteiger partial charge in [0.1, 0.15) is 5.69 Å². The Bertz CT molecular complexity index is 438. The largest absolute Gasteiger partial charge is 0.477 e. The van der Waals surface area contributed by atoms with Crippen molar-refractivity contribution in [3.05, 3.63) is 24.0 Å². The van der Waals surface area contributed by atoms with Crippen molar-refractivity contribution in [1.82, 2.24) is 9.88 Å². The molecule has 0 aromatic carbocycles. The summed E-state index contributed by atoms with van der Waals surface area (Å²) in [5.74, 6) is -0.980. The highest BCUT2D eigenvalue weighted by molar-refractivity contribution is 5.86. The first-order chi connectivity index (χ1) is 8.49. The van der Waals surface area contributed by atoms with Crippen LogP contribution in [-0.2, 0) is 0 Å². The van der Waals surface area contributed by atoms with Gasteiger partial charge in [0.05, 0.1) is 0 Å². The molecule has 98 valence electrons. The maximum absolute atomic E-state index is 10.9. The fourth-order valence-corrected chi connectivity index (χ4v) is 2.35. The predicted octanol–water partition coefficient (Wildman–Crippen LogP) is 1.31. The van der Waals surface area contributed by atoms with Gasteiger partial charge >= 0.3 is 5.97 Å². The van der Waals surface area contributed by atoms with Crippen LogP contribution in [0.2, 0.25) is 0 Å². The molecule has 0 bridgehead atoms. The van der Waals surface area contributed by atoms with E-state index in [0.717, 1.165) is 18.8 Å². The Kier molecular flexibility index (Phi) is 3.52. The van der Waals surface area contributed by atoms with Crippen LogP contribution in [0.5, 0.6) is 0 Å². The Morgan fingerprint density at radius 2 is 2.00 bits per heavy atom. The third-order valence-corrected chi connectivity index (χ3v) is 3.69. The summed E-state index contributed by atoms with van der Waals surface area (Å²) in [6, 6.07) is 4.43. The average Bonchev–Trinajstić information content (AvgIpc) is 2.35. The van der Waals surface area contributed by atoms with Gasteiger partial charge in [-0.2, -0.15) is 0 Å². The molecule has 5 heteroatoms. The Morgan fingerprint density at radius 3 is 2.56 bits per heavy atom. The summed E-state index contributed by atoms with van der Waals surface area (Å²) < 4.78 is 0. The van der Waals surface area contributed by atoms with Crippen LogP contribution < -0.4 is 4.90 Å². The van der Waals surface area contributed by atoms with Gasteiger partial charge in [0.2, 0.25) is 0 Å². The zero-order valence-electron chi connectivity index (χ0n) is 11.0. The molecule has 0 radical (unpaired) electrons. The van der Waals surface area contributed by atoms with Crippen LogP contribution in [0, 0.1) is 0 Å². The number of aromatic nitrogens is 1. The van der Waals surface area contributed by atoms with Gasteiger partial charge in [-0.3, -0.25) is 4.90 Å². The summed E-state index contributed by atoms with van der Waals surface area (Å²) in [6.45, 7) is 6.18. The van der Waals surface area contributed by atoms with Crippen LogP contribution in [0.3, 0.4) is 0 Å². The summed E-state index contributed by atoms with van der Waals surface area (Å²) in [5.41, 5.74) is 1.04. The van der Waals surface area contributed by atoms with Crippen LogP contribution in [0.1, 0.15) is 24.3 Å². The number of carboxylic acid groups (broad SMARTS) is 1. The highest BCUT2D eigenvalue weighted by atomic mass is 16.4. The molecule has 2 unspecified atom stereocenters. The zero-order valence-corrected chi connectivity index (χ0v) is 11.0. The number of pyridine rings is 1. The topological polar surface area (TPSA) is 56.7 Å². The summed E-state index contributed by atoms with van der Waals surface area (Å²) in [6.07, 6.45) is 1.56. The van der Waals surface area contributed by atoms with E-state index in [0.29, 0.717) is 12.1 Å². The lowest BCUT2D eigenvalue weighted by Gasteiger charge is -2.43. The van der Waals surface area contributed by atoms with Gasteiger partial charge < -0.3 is 10.0 Å². The zero-order chi connectivity index (χ0) is 13.3. The summed E-state index contributed by atoms with van der Waals surface area (Å²) in [7, 11) is 2.13. The number of nitrogens with zero attached hydrogens (tertiary/aromatic N) is 3. The van der Waals surface area contributed by atoms with Gasteiger partial charge in [-0.05, 0) is 33.0 Å². The molecule has 0 spiro atoms. The lowest BCUT2D eigenvalue weighted by Crippen LogP contribution is -2.55. The maximum Gasteiger partial charge on any atom is 0.354 e. The minimum atomic E-state index is -0.980. The van der Waals surface area contributed by atoms with Gasteiger partial charge in [0, 0.05) is 37.1 Å². The normalized spacial score (nSPS) is 25.2. The van der Waals surface area contributed by atoms with Crippen LogP contribution in [0.15, 0.2) is 18.3 Å². The molecule has 1 N–H and O–H groups in total. The van der Waals surface area contributed by atoms with Crippen molar-refractivity contribution in [2.75, 3.05) is 25.0 Å². The molecule has 1 aromatic rings. The first-order valence-corrected chi connectivity index (χ1v) is 6.15. The van der Waals surface area contributed by atoms with E-state index in [9.17, 15) is 4.79 Å². The molecule has 2 heterocycles. The molecule has 2 atom stereocenters. The quantitative estimate of drug-likeness (QED) is 0.856. The van der Waals surface area contributed by atoms with Crippen LogP contribution >= 0.6 is 0 Å². The molecule has 1 fully saturated rings. The van der Waals surface area contributed by atoms with Crippen molar-refractivity contribution in [1.29, 1.82) is 0 Å². The number of carbonyl (C=O) groups is 1. The van der Waals surface area contributed by atoms with Crippen molar-refractivity contribution >= 4 is 11.7 Å². The highest BCUT2D eigenvalue weighted by Crippen LogP contribution is 2.21. The van der Waals surface area contributed by atoms with Gasteiger partial charge in [-0.15, -0.1) is 0 Å². The number of hydrogen-bond acceptors (Lipinski definition) is 4. The van der Waals surface area contributed by atoms with E-state index in [1.54, 1.807) is 12.3 Å². The average molecular weight is 249 g/mol. The fraction of sp³-hybridized carbons (Fsp3) is 0.538. The molecule has 1 aliphatic heterocycles. The first kappa shape index (κ1) is 12.8. The molecule has 0 saturated carbocycles. The van der Waals surface area contributed by atoms with Crippen molar-refractivity contribution in [2.24, 2.45) is 0 Å². The fourth-order valence-electron chi connectivity index (χ4n) is 2.35. The van der Waals surface area contributed by atoms with Gasteiger partial charge in [-0.1, -0.05) is 0 Å². The molecule has 1 aliphatic rings. The monoisotopic (exact) mass is 249 g/mol. The van der Waals surface area contributed by atoms with Crippen molar-refractivity contribution in [3.8, 4) is 0 Å². The van der Waals surface area contributed by atoms with Crippen LogP contribution in [0.25, 0.3) is 0 Å². The minimum Gasteiger partial charge on any atom is -0.477 e. The third-order valence-electron chi connectivity index (χ3n) is 3.69. The van der Waals surface area contributed by atoms with Gasteiger partial charge in [-0.25, -0.2) is 9.78 Å². The Balaban J connectivity index is 2.21. The molecule has 5 nitrogen and oxygen atoms in total. The van der Waals surface area contributed by atoms with Crippen LogP contribution in [-0.4, -0.2) is 53.2 Å². The summed E-state index contributed by atoms with van der Waals surface area (Å²) in [4.78, 5) is 19.3. The number of aromatic carboxylic acids is 1. The van der Waals surface area contributed by atoms with Gasteiger partial charge in [0.25, 0.3) is 0 Å². The third kappa shape index (κ3) is 2.46. The number of piperazine rings is 1. The summed E-state index contributed by atoms with van der Waals surface area (Å²) in [5, 5.41) is 8.96. The first-order valence-electron chi connectivity index (χ1n) is 6.15. The van der Waals surface area contributed by atoms with E-state index in [1.807, 2.05) is 6.07 Å². The van der Waals surface area contributed by atoms with E-state index in [2.05, 4.69) is 35.7 Å². The number of rotatable bonds is 2. The van der Waals surface area contributed by atoms with Crippen molar-refractivity contribution < 1.29 is 9.90 Å². The molecule has 1 saturated heterocycles. The SMILES string of the molecule is CC1CN(c2ccnc(C(=O)O)c2)CC(C)N1C. The van der Waals surface area contributed by atoms with Crippen molar-refractivity contribution in [3.63, 3.8) is 0 Å². The Hall–Kier alpha value is -1.62. The standard InChI is InChI=1S/C13H19N3O2/c1-9-7-16(8-10(2)15(9)3)11-4-5-14-12(6-11)13(17)18/h4-6,9-10H,7-8H2,1-3H3,(H,17,18). The Labute approximate surface area is 107 Å². The molecule has 18 heavy (non-hydrogen) atoms. The lowest BCUT2D eigenvalue weighted by atomic mass is 10.1. The summed E-state index contributed by atoms with van der Waals surface area (Å²) >= 11 is 0. The number of hydrogen-bond donors (Lipinski definition) is 1. The van der Waals surface area contributed by atoms with E-state index < -0.39 is 5.97 Å². The second-order valence-electron chi connectivity index (χ2n) is 4.97. The Morgan fingerprint density at radius 1 is 1.39 bits per heavy atom. The number of carboxylic acids is 1.